The van der Waals surface area contributed by atoms with Crippen molar-refractivity contribution in [2.75, 3.05) is 4.90 Å². The molecular formula is C30H24ClN5O6. The highest BCUT2D eigenvalue weighted by atomic mass is 35.5. The summed E-state index contributed by atoms with van der Waals surface area (Å²) < 4.78 is 0. The van der Waals surface area contributed by atoms with Gasteiger partial charge in [-0.15, -0.1) is 0 Å². The van der Waals surface area contributed by atoms with E-state index >= 15 is 0 Å². The topological polar surface area (TPSA) is 166 Å². The molecule has 1 saturated heterocycles. The number of para-hydroxylation sites is 2. The first-order chi connectivity index (χ1) is 20.2. The molecule has 11 nitrogen and oxygen atoms in total. The lowest BCUT2D eigenvalue weighted by Gasteiger charge is -2.36. The molecule has 3 atom stereocenters. The Labute approximate surface area is 243 Å². The van der Waals surface area contributed by atoms with Gasteiger partial charge in [-0.2, -0.15) is 0 Å². The number of hydrogen-bond acceptors (Lipinski definition) is 5. The predicted molar refractivity (Wildman–Crippen MR) is 153 cm³/mol. The van der Waals surface area contributed by atoms with Crippen LogP contribution < -0.4 is 16.0 Å². The van der Waals surface area contributed by atoms with E-state index in [-0.39, 0.29) is 17.7 Å². The fraction of sp³-hybridized carbons (Fsp3) is 0.167. The normalized spacial score (nSPS) is 18.5. The third-order valence-electron chi connectivity index (χ3n) is 7.61. The number of benzene rings is 3. The number of hydrogen-bond donors (Lipinski definition) is 4. The Morgan fingerprint density at radius 1 is 1.05 bits per heavy atom. The average Bonchev–Trinajstić information content (AvgIpc) is 3.45. The van der Waals surface area contributed by atoms with Gasteiger partial charge < -0.3 is 21.1 Å². The summed E-state index contributed by atoms with van der Waals surface area (Å²) in [6.07, 6.45) is -0.390. The van der Waals surface area contributed by atoms with Crippen molar-refractivity contribution in [2.45, 2.75) is 31.0 Å². The highest BCUT2D eigenvalue weighted by Crippen LogP contribution is 2.45. The lowest BCUT2D eigenvalue weighted by Crippen LogP contribution is -2.44. The standard InChI is InChI=1S/C30H24ClN5O6/c31-16-7-5-6-15(12-16)26-25-19(17-8-1-3-10-20(17)33-25)13-23-28(39)36(30(42)35(23)26)22-11-4-2-9-18(22)27(38)34-21(29(40)41)14-24(32)37/h1-12,21,23,26,33H,13-14H2,(H2,32,37)(H,34,38)(H,40,41)/t21-,23-,26?/m0/s1. The number of nitrogens with zero attached hydrogens (tertiary/aromatic N) is 2. The molecule has 0 radical (unpaired) electrons. The van der Waals surface area contributed by atoms with Crippen molar-refractivity contribution in [2.24, 2.45) is 5.73 Å². The van der Waals surface area contributed by atoms with Gasteiger partial charge in [0.15, 0.2) is 0 Å². The van der Waals surface area contributed by atoms with Crippen molar-refractivity contribution in [1.82, 2.24) is 15.2 Å². The van der Waals surface area contributed by atoms with Crippen LogP contribution in [0.4, 0.5) is 10.5 Å². The molecule has 4 aromatic rings. The number of nitrogens with two attached hydrogens (primary N) is 1. The number of halogens is 1. The number of carbonyl (C=O) groups is 5. The maximum absolute atomic E-state index is 14.2. The molecule has 3 aromatic carbocycles. The van der Waals surface area contributed by atoms with E-state index < -0.39 is 54.3 Å². The number of amides is 5. The number of aromatic amines is 1. The van der Waals surface area contributed by atoms with Gasteiger partial charge >= 0.3 is 12.0 Å². The number of nitrogens with one attached hydrogen (secondary N) is 2. The smallest absolute Gasteiger partial charge is 0.332 e. The monoisotopic (exact) mass is 585 g/mol. The van der Waals surface area contributed by atoms with E-state index in [1.165, 1.54) is 23.1 Å². The Kier molecular flexibility index (Phi) is 6.66. The Balaban J connectivity index is 1.43. The largest absolute Gasteiger partial charge is 0.480 e. The van der Waals surface area contributed by atoms with E-state index in [1.807, 2.05) is 30.3 Å². The van der Waals surface area contributed by atoms with E-state index in [0.717, 1.165) is 27.1 Å². The highest BCUT2D eigenvalue weighted by Gasteiger charge is 2.53. The molecule has 12 heteroatoms. The number of aromatic nitrogens is 1. The third kappa shape index (κ3) is 4.44. The van der Waals surface area contributed by atoms with Crippen LogP contribution in [0.15, 0.2) is 72.8 Å². The molecule has 0 aliphatic carbocycles. The molecule has 1 unspecified atom stereocenters. The zero-order valence-corrected chi connectivity index (χ0v) is 22.7. The number of primary amides is 1. The molecule has 6 rings (SSSR count). The van der Waals surface area contributed by atoms with Crippen LogP contribution in [0.2, 0.25) is 5.02 Å². The van der Waals surface area contributed by atoms with Crippen molar-refractivity contribution >= 4 is 57.9 Å². The maximum atomic E-state index is 14.2. The summed E-state index contributed by atoms with van der Waals surface area (Å²) in [5.41, 5.74) is 8.26. The Morgan fingerprint density at radius 3 is 2.52 bits per heavy atom. The number of fused-ring (bicyclic) bond motifs is 4. The quantitative estimate of drug-likeness (QED) is 0.243. The number of carboxylic acids is 1. The number of rotatable bonds is 7. The maximum Gasteiger partial charge on any atom is 0.332 e. The second-order valence-corrected chi connectivity index (χ2v) is 10.6. The predicted octanol–water partition coefficient (Wildman–Crippen LogP) is 3.36. The minimum atomic E-state index is -1.59. The number of carboxylic acid groups (broad SMARTS) is 1. The Hall–Kier alpha value is -5.16. The van der Waals surface area contributed by atoms with E-state index in [0.29, 0.717) is 10.6 Å². The van der Waals surface area contributed by atoms with Crippen molar-refractivity contribution in [3.05, 3.63) is 100 Å². The van der Waals surface area contributed by atoms with Gasteiger partial charge in [0.2, 0.25) is 5.91 Å². The van der Waals surface area contributed by atoms with E-state index in [2.05, 4.69) is 10.3 Å². The van der Waals surface area contributed by atoms with E-state index in [4.69, 9.17) is 17.3 Å². The van der Waals surface area contributed by atoms with Crippen molar-refractivity contribution < 1.29 is 29.1 Å². The molecule has 0 spiro atoms. The average molecular weight is 586 g/mol. The van der Waals surface area contributed by atoms with Gasteiger partial charge in [-0.3, -0.25) is 19.3 Å². The molecule has 5 N–H and O–H groups in total. The van der Waals surface area contributed by atoms with Crippen LogP contribution in [0.1, 0.15) is 39.6 Å². The minimum absolute atomic E-state index is 0.0130. The molecule has 3 heterocycles. The van der Waals surface area contributed by atoms with Gasteiger partial charge in [-0.25, -0.2) is 14.5 Å². The van der Waals surface area contributed by atoms with Crippen molar-refractivity contribution in [1.29, 1.82) is 0 Å². The zero-order valence-electron chi connectivity index (χ0n) is 21.9. The zero-order chi connectivity index (χ0) is 29.7. The first-order valence-electron chi connectivity index (χ1n) is 13.1. The highest BCUT2D eigenvalue weighted by molar-refractivity contribution is 6.30. The van der Waals surface area contributed by atoms with Gasteiger partial charge in [0, 0.05) is 28.0 Å². The lowest BCUT2D eigenvalue weighted by atomic mass is 9.89. The molecule has 0 saturated carbocycles. The van der Waals surface area contributed by atoms with Gasteiger partial charge in [0.05, 0.1) is 17.7 Å². The summed E-state index contributed by atoms with van der Waals surface area (Å²) in [7, 11) is 0. The molecule has 1 fully saturated rings. The molecule has 2 aliphatic rings. The molecule has 0 bridgehead atoms. The number of imide groups is 1. The summed E-state index contributed by atoms with van der Waals surface area (Å²) in [5.74, 6) is -3.79. The first-order valence-corrected chi connectivity index (χ1v) is 13.5. The fourth-order valence-electron chi connectivity index (χ4n) is 5.82. The van der Waals surface area contributed by atoms with Crippen LogP contribution in [0.3, 0.4) is 0 Å². The first kappa shape index (κ1) is 27.0. The molecule has 2 aliphatic heterocycles. The minimum Gasteiger partial charge on any atom is -0.480 e. The van der Waals surface area contributed by atoms with Crippen LogP contribution in [0, 0.1) is 0 Å². The summed E-state index contributed by atoms with van der Waals surface area (Å²) in [6, 6.07) is 16.9. The fourth-order valence-corrected chi connectivity index (χ4v) is 6.02. The second kappa shape index (κ2) is 10.3. The Morgan fingerprint density at radius 2 is 1.79 bits per heavy atom. The van der Waals surface area contributed by atoms with Crippen LogP contribution in [0.5, 0.6) is 0 Å². The van der Waals surface area contributed by atoms with E-state index in [9.17, 15) is 29.1 Å². The number of anilines is 1. The van der Waals surface area contributed by atoms with Crippen LogP contribution in [-0.2, 0) is 20.8 Å². The summed E-state index contributed by atoms with van der Waals surface area (Å²) in [5, 5.41) is 13.1. The molecular weight excluding hydrogens is 562 g/mol. The number of H-pyrrole nitrogens is 1. The van der Waals surface area contributed by atoms with Gasteiger partial charge in [0.1, 0.15) is 18.1 Å². The third-order valence-corrected chi connectivity index (χ3v) is 7.85. The van der Waals surface area contributed by atoms with Crippen LogP contribution in [-0.4, -0.2) is 56.8 Å². The van der Waals surface area contributed by atoms with Gasteiger partial charge in [0.25, 0.3) is 11.8 Å². The molecule has 1 aromatic heterocycles. The second-order valence-electron chi connectivity index (χ2n) is 10.2. The van der Waals surface area contributed by atoms with Gasteiger partial charge in [-0.05, 0) is 41.5 Å². The number of aliphatic carboxylic acids is 1. The molecule has 42 heavy (non-hydrogen) atoms. The Bertz CT molecular complexity index is 1800. The lowest BCUT2D eigenvalue weighted by molar-refractivity contribution is -0.141. The summed E-state index contributed by atoms with van der Waals surface area (Å²) >= 11 is 6.35. The van der Waals surface area contributed by atoms with Crippen LogP contribution in [0.25, 0.3) is 10.9 Å². The number of urea groups is 1. The summed E-state index contributed by atoms with van der Waals surface area (Å²) in [6.45, 7) is 0. The van der Waals surface area contributed by atoms with Crippen LogP contribution >= 0.6 is 11.6 Å². The van der Waals surface area contributed by atoms with E-state index in [1.54, 1.807) is 24.3 Å². The van der Waals surface area contributed by atoms with Gasteiger partial charge in [-0.1, -0.05) is 54.1 Å². The number of carbonyl (C=O) groups excluding carboxylic acids is 4. The summed E-state index contributed by atoms with van der Waals surface area (Å²) in [4.78, 5) is 70.4. The molecule has 5 amide bonds. The SMILES string of the molecule is NC(=O)C[C@H](NC(=O)c1ccccc1N1C(=O)[C@@H]2Cc3c([nH]c4ccccc34)C(c3cccc(Cl)c3)N2C1=O)C(=O)O. The van der Waals surface area contributed by atoms with Crippen molar-refractivity contribution in [3.8, 4) is 0 Å². The van der Waals surface area contributed by atoms with Crippen molar-refractivity contribution in [3.63, 3.8) is 0 Å². The molecule has 212 valence electrons.